The number of nitrogens with zero attached hydrogens (tertiary/aromatic N) is 1. The van der Waals surface area contributed by atoms with Crippen LogP contribution in [-0.2, 0) is 4.79 Å². The normalized spacial score (nSPS) is 20.8. The molecule has 1 aliphatic rings. The summed E-state index contributed by atoms with van der Waals surface area (Å²) >= 11 is 0. The van der Waals surface area contributed by atoms with Gasteiger partial charge in [-0.05, 0) is 25.0 Å². The molecule has 2 unspecified atom stereocenters. The number of allylic oxidation sites excluding steroid dienone is 1. The first-order chi connectivity index (χ1) is 9.11. The number of nitro groups is 1. The summed E-state index contributed by atoms with van der Waals surface area (Å²) < 4.78 is 0. The fourth-order valence-corrected chi connectivity index (χ4v) is 2.79. The monoisotopic (exact) mass is 259 g/mol. The maximum atomic E-state index is 12.1. The molecule has 2 rings (SSSR count). The van der Waals surface area contributed by atoms with Crippen LogP contribution in [-0.4, -0.2) is 10.7 Å². The van der Waals surface area contributed by atoms with Crippen LogP contribution in [0.5, 0.6) is 0 Å². The maximum absolute atomic E-state index is 12.1. The fraction of sp³-hybridized carbons (Fsp3) is 0.400. The highest BCUT2D eigenvalue weighted by Gasteiger charge is 2.37. The SMILES string of the molecule is C=C(C(c1ccccc1)C1CCCCC1=O)[N+](=O)[O-]. The van der Waals surface area contributed by atoms with Crippen LogP contribution in [0.4, 0.5) is 0 Å². The number of hydrogen-bond acceptors (Lipinski definition) is 3. The topological polar surface area (TPSA) is 60.2 Å². The lowest BCUT2D eigenvalue weighted by Crippen LogP contribution is -2.28. The quantitative estimate of drug-likeness (QED) is 0.615. The lowest BCUT2D eigenvalue weighted by Gasteiger charge is -2.27. The van der Waals surface area contributed by atoms with Crippen LogP contribution < -0.4 is 0 Å². The second-order valence-electron chi connectivity index (χ2n) is 4.96. The van der Waals surface area contributed by atoms with E-state index in [4.69, 9.17) is 0 Å². The van der Waals surface area contributed by atoms with Crippen molar-refractivity contribution in [2.45, 2.75) is 31.6 Å². The maximum Gasteiger partial charge on any atom is 0.247 e. The van der Waals surface area contributed by atoms with E-state index < -0.39 is 10.8 Å². The van der Waals surface area contributed by atoms with Crippen LogP contribution in [0.25, 0.3) is 0 Å². The summed E-state index contributed by atoms with van der Waals surface area (Å²) in [7, 11) is 0. The zero-order chi connectivity index (χ0) is 13.8. The zero-order valence-electron chi connectivity index (χ0n) is 10.7. The minimum atomic E-state index is -0.496. The number of hydrogen-bond donors (Lipinski definition) is 0. The molecular weight excluding hydrogens is 242 g/mol. The first-order valence-electron chi connectivity index (χ1n) is 6.52. The zero-order valence-corrected chi connectivity index (χ0v) is 10.7. The number of carbonyl (C=O) groups is 1. The van der Waals surface area contributed by atoms with E-state index in [9.17, 15) is 14.9 Å². The smallest absolute Gasteiger partial charge is 0.247 e. The second-order valence-corrected chi connectivity index (χ2v) is 4.96. The lowest BCUT2D eigenvalue weighted by atomic mass is 9.75. The number of ketones is 1. The van der Waals surface area contributed by atoms with E-state index in [1.54, 1.807) is 0 Å². The molecule has 0 aromatic heterocycles. The van der Waals surface area contributed by atoms with Gasteiger partial charge in [0, 0.05) is 12.3 Å². The molecule has 1 fully saturated rings. The van der Waals surface area contributed by atoms with Crippen LogP contribution >= 0.6 is 0 Å². The van der Waals surface area contributed by atoms with Crippen molar-refractivity contribution in [1.29, 1.82) is 0 Å². The summed E-state index contributed by atoms with van der Waals surface area (Å²) in [6, 6.07) is 9.20. The second kappa shape index (κ2) is 5.78. The molecule has 19 heavy (non-hydrogen) atoms. The molecule has 0 radical (unpaired) electrons. The Balaban J connectivity index is 2.37. The summed E-state index contributed by atoms with van der Waals surface area (Å²) in [5.74, 6) is -0.666. The highest BCUT2D eigenvalue weighted by Crippen LogP contribution is 2.38. The van der Waals surface area contributed by atoms with Crippen molar-refractivity contribution < 1.29 is 9.72 Å². The van der Waals surface area contributed by atoms with E-state index in [-0.39, 0.29) is 17.4 Å². The molecule has 4 heteroatoms. The molecule has 1 aliphatic carbocycles. The molecule has 1 saturated carbocycles. The predicted molar refractivity (Wildman–Crippen MR) is 72.3 cm³/mol. The van der Waals surface area contributed by atoms with Crippen molar-refractivity contribution in [2.24, 2.45) is 5.92 Å². The van der Waals surface area contributed by atoms with Gasteiger partial charge >= 0.3 is 0 Å². The summed E-state index contributed by atoms with van der Waals surface area (Å²) in [5.41, 5.74) is 0.732. The number of rotatable bonds is 4. The molecular formula is C15H17NO3. The lowest BCUT2D eigenvalue weighted by molar-refractivity contribution is -0.430. The van der Waals surface area contributed by atoms with Gasteiger partial charge in [0.1, 0.15) is 5.78 Å². The van der Waals surface area contributed by atoms with Crippen molar-refractivity contribution in [1.82, 2.24) is 0 Å². The van der Waals surface area contributed by atoms with Gasteiger partial charge in [-0.25, -0.2) is 0 Å². The third kappa shape index (κ3) is 2.89. The summed E-state index contributed by atoms with van der Waals surface area (Å²) in [6.07, 6.45) is 3.08. The van der Waals surface area contributed by atoms with Gasteiger partial charge in [-0.15, -0.1) is 0 Å². The van der Waals surface area contributed by atoms with Gasteiger partial charge in [-0.2, -0.15) is 0 Å². The third-order valence-corrected chi connectivity index (χ3v) is 3.76. The minimum absolute atomic E-state index is 0.0774. The van der Waals surface area contributed by atoms with Crippen molar-refractivity contribution in [2.75, 3.05) is 0 Å². The minimum Gasteiger partial charge on any atom is -0.299 e. The van der Waals surface area contributed by atoms with Gasteiger partial charge in [0.15, 0.2) is 0 Å². The van der Waals surface area contributed by atoms with Gasteiger partial charge < -0.3 is 0 Å². The van der Waals surface area contributed by atoms with Crippen LogP contribution in [0.3, 0.4) is 0 Å². The van der Waals surface area contributed by atoms with E-state index in [2.05, 4.69) is 6.58 Å². The van der Waals surface area contributed by atoms with Crippen LogP contribution in [0.1, 0.15) is 37.2 Å². The van der Waals surface area contributed by atoms with E-state index in [0.717, 1.165) is 18.4 Å². The van der Waals surface area contributed by atoms with E-state index in [0.29, 0.717) is 12.8 Å². The fourth-order valence-electron chi connectivity index (χ4n) is 2.79. The van der Waals surface area contributed by atoms with E-state index in [1.807, 2.05) is 30.3 Å². The first-order valence-corrected chi connectivity index (χ1v) is 6.52. The Labute approximate surface area is 112 Å². The molecule has 100 valence electrons. The number of Topliss-reactive ketones (excluding diaryl/α,β-unsaturated/α-hetero) is 1. The largest absolute Gasteiger partial charge is 0.299 e. The molecule has 0 spiro atoms. The molecule has 4 nitrogen and oxygen atoms in total. The molecule has 0 saturated heterocycles. The van der Waals surface area contributed by atoms with Crippen LogP contribution in [0, 0.1) is 16.0 Å². The molecule has 0 aliphatic heterocycles. The Morgan fingerprint density at radius 2 is 2.00 bits per heavy atom. The summed E-state index contributed by atoms with van der Waals surface area (Å²) in [5, 5.41) is 11.1. The van der Waals surface area contributed by atoms with Crippen molar-refractivity contribution in [3.8, 4) is 0 Å². The standard InChI is InChI=1S/C15H17NO3/c1-11(16(18)19)15(12-7-3-2-4-8-12)13-9-5-6-10-14(13)17/h2-4,7-8,13,15H,1,5-6,9-10H2. The average Bonchev–Trinajstić information content (AvgIpc) is 2.42. The van der Waals surface area contributed by atoms with Gasteiger partial charge in [0.05, 0.1) is 10.8 Å². The Bertz CT molecular complexity index is 495. The average molecular weight is 259 g/mol. The van der Waals surface area contributed by atoms with E-state index >= 15 is 0 Å². The van der Waals surface area contributed by atoms with Gasteiger partial charge in [-0.3, -0.25) is 14.9 Å². The summed E-state index contributed by atoms with van der Waals surface area (Å²) in [6.45, 7) is 3.59. The molecule has 0 amide bonds. The molecule has 0 heterocycles. The Hall–Kier alpha value is -1.97. The Morgan fingerprint density at radius 1 is 1.32 bits per heavy atom. The van der Waals surface area contributed by atoms with Gasteiger partial charge in [0.2, 0.25) is 5.70 Å². The summed E-state index contributed by atoms with van der Waals surface area (Å²) in [4.78, 5) is 22.7. The molecule has 2 atom stereocenters. The van der Waals surface area contributed by atoms with Crippen molar-refractivity contribution >= 4 is 5.78 Å². The van der Waals surface area contributed by atoms with Crippen LogP contribution in [0.2, 0.25) is 0 Å². The predicted octanol–water partition coefficient (Wildman–Crippen LogP) is 3.32. The Morgan fingerprint density at radius 3 is 2.58 bits per heavy atom. The molecule has 0 bridgehead atoms. The molecule has 0 N–H and O–H groups in total. The van der Waals surface area contributed by atoms with Gasteiger partial charge in [-0.1, -0.05) is 36.8 Å². The first kappa shape index (κ1) is 13.5. The molecule has 1 aromatic carbocycles. The molecule has 1 aromatic rings. The number of benzene rings is 1. The van der Waals surface area contributed by atoms with E-state index in [1.165, 1.54) is 0 Å². The number of carbonyl (C=O) groups excluding carboxylic acids is 1. The third-order valence-electron chi connectivity index (χ3n) is 3.76. The highest BCUT2D eigenvalue weighted by atomic mass is 16.6. The van der Waals surface area contributed by atoms with Crippen LogP contribution in [0.15, 0.2) is 42.6 Å². The van der Waals surface area contributed by atoms with Crippen molar-refractivity contribution in [3.63, 3.8) is 0 Å². The van der Waals surface area contributed by atoms with Crippen molar-refractivity contribution in [3.05, 3.63) is 58.3 Å². The highest BCUT2D eigenvalue weighted by molar-refractivity contribution is 5.83. The Kier molecular flexibility index (Phi) is 4.10. The van der Waals surface area contributed by atoms with Gasteiger partial charge in [0.25, 0.3) is 0 Å².